The zero-order chi connectivity index (χ0) is 53.1. The number of aliphatic carboxylic acids is 1. The molecule has 24 heteroatoms. The molecule has 7 aliphatic rings. The van der Waals surface area contributed by atoms with Crippen molar-refractivity contribution in [3.05, 3.63) is 82.2 Å². The number of amides is 1. The van der Waals surface area contributed by atoms with Crippen molar-refractivity contribution < 1.29 is 114 Å². The van der Waals surface area contributed by atoms with Crippen LogP contribution in [0.4, 0.5) is 10.5 Å². The van der Waals surface area contributed by atoms with E-state index in [1.807, 2.05) is 18.2 Å². The Morgan fingerprint density at radius 3 is 1.61 bits per heavy atom. The van der Waals surface area contributed by atoms with Crippen LogP contribution in [0.25, 0.3) is 0 Å². The Morgan fingerprint density at radius 2 is 1.18 bits per heavy atom. The van der Waals surface area contributed by atoms with E-state index >= 15 is 0 Å². The van der Waals surface area contributed by atoms with Crippen LogP contribution in [0.2, 0.25) is 0 Å². The minimum atomic E-state index is -1.24. The number of benzene rings is 1. The van der Waals surface area contributed by atoms with Gasteiger partial charge in [-0.15, -0.1) is 0 Å². The third-order valence-corrected chi connectivity index (χ3v) is 13.3. The van der Waals surface area contributed by atoms with E-state index in [2.05, 4.69) is 36.5 Å². The predicted molar refractivity (Wildman–Crippen MR) is 257 cm³/mol. The summed E-state index contributed by atoms with van der Waals surface area (Å²) >= 11 is 0. The van der Waals surface area contributed by atoms with Crippen molar-refractivity contribution in [2.24, 2.45) is 0 Å². The molecule has 0 unspecified atom stereocenters. The van der Waals surface area contributed by atoms with E-state index in [1.54, 1.807) is 6.20 Å². The molecular weight excluding hydrogens is 1010 g/mol. The van der Waals surface area contributed by atoms with Gasteiger partial charge >= 0.3 is 75.4 Å². The number of hydrogen-bond donors (Lipinski definition) is 3. The summed E-state index contributed by atoms with van der Waals surface area (Å²) in [5.41, 5.74) is 7.22. The first kappa shape index (κ1) is 59.2. The van der Waals surface area contributed by atoms with Gasteiger partial charge in [-0.3, -0.25) is 19.8 Å². The summed E-state index contributed by atoms with van der Waals surface area (Å²) in [5, 5.41) is 62.0. The maximum atomic E-state index is 13.0. The van der Waals surface area contributed by atoms with Gasteiger partial charge in [-0.1, -0.05) is 6.07 Å². The van der Waals surface area contributed by atoms with Crippen molar-refractivity contribution in [3.63, 3.8) is 0 Å². The average molecular weight is 1070 g/mol. The fourth-order valence-corrected chi connectivity index (χ4v) is 9.27. The quantitative estimate of drug-likeness (QED) is 0.0719. The molecule has 2 aliphatic heterocycles. The minimum absolute atomic E-state index is 0. The fourth-order valence-electron chi connectivity index (χ4n) is 9.27. The number of aliphatic hydroxyl groups is 1. The van der Waals surface area contributed by atoms with E-state index in [1.165, 1.54) is 75.4 Å². The van der Waals surface area contributed by atoms with Crippen LogP contribution in [-0.4, -0.2) is 121 Å². The second kappa shape index (κ2) is 30.1. The number of carboxylic acids is 1. The summed E-state index contributed by atoms with van der Waals surface area (Å²) in [6.07, 6.45) is 23.1. The molecule has 0 bridgehead atoms. The van der Waals surface area contributed by atoms with Crippen LogP contribution in [0.1, 0.15) is 129 Å². The molecule has 76 heavy (non-hydrogen) atoms. The molecule has 5 aliphatic carbocycles. The maximum Gasteiger partial charge on any atom is 1.00 e. The second-order valence-electron chi connectivity index (χ2n) is 19.0. The Kier molecular flexibility index (Phi) is 23.4. The number of aryl methyl sites for hydroxylation is 2. The number of nitrogens with one attached hydrogen (secondary N) is 2. The van der Waals surface area contributed by atoms with E-state index in [0.29, 0.717) is 29.9 Å². The first-order chi connectivity index (χ1) is 36.4. The summed E-state index contributed by atoms with van der Waals surface area (Å²) in [6, 6.07) is 8.15. The number of nitriles is 3. The number of ether oxygens (including phenoxy) is 6. The molecule has 5 fully saturated rings. The second-order valence-corrected chi connectivity index (χ2v) is 19.0. The molecule has 3 N–H and O–H groups in total. The third kappa shape index (κ3) is 18.6. The molecule has 2 saturated heterocycles. The normalized spacial score (nSPS) is 19.3. The maximum absolute atomic E-state index is 13.0. The van der Waals surface area contributed by atoms with Gasteiger partial charge in [-0.05, 0) is 138 Å². The van der Waals surface area contributed by atoms with Gasteiger partial charge in [0.15, 0.2) is 12.2 Å². The summed E-state index contributed by atoms with van der Waals surface area (Å²) in [4.78, 5) is 58.0. The van der Waals surface area contributed by atoms with Crippen LogP contribution < -0.4 is 61.8 Å². The predicted octanol–water partition coefficient (Wildman–Crippen LogP) is 0.728. The zero-order valence-electron chi connectivity index (χ0n) is 42.6. The molecule has 0 radical (unpaired) electrons. The Labute approximate surface area is 481 Å². The molecule has 398 valence electrons. The number of rotatable bonds is 13. The Balaban J connectivity index is 0.000000180. The number of carbonyl (C=O) groups is 5. The summed E-state index contributed by atoms with van der Waals surface area (Å²) in [6.45, 7) is 0.896. The van der Waals surface area contributed by atoms with Crippen molar-refractivity contribution in [3.8, 4) is 18.2 Å². The Morgan fingerprint density at radius 1 is 0.697 bits per heavy atom. The molecule has 3 aromatic heterocycles. The van der Waals surface area contributed by atoms with Crippen LogP contribution in [0.3, 0.4) is 0 Å². The number of nitrogens with zero attached hydrogens (tertiary/aromatic N) is 8. The number of anilines is 1. The van der Waals surface area contributed by atoms with Gasteiger partial charge < -0.3 is 43.4 Å². The smallest absolute Gasteiger partial charge is 0.547 e. The monoisotopic (exact) mass is 1070 g/mol. The van der Waals surface area contributed by atoms with Crippen LogP contribution in [0.5, 0.6) is 0 Å². The number of aromatic nitrogens is 6. The van der Waals surface area contributed by atoms with Crippen molar-refractivity contribution in [1.82, 2.24) is 29.8 Å². The molecule has 11 rings (SSSR count). The van der Waals surface area contributed by atoms with Crippen molar-refractivity contribution in [1.29, 1.82) is 15.8 Å². The SMILES string of the molecule is N#Cc1cn[nH]c1.N#Cc1cnn(C[C@@H](O)C(=O)OC2CCCC2)c1.N#Cc1cnn(C[C@@H](OC(=O)Nc2c3c(cc4c2CCC4)CCC3)C(=O)OC2CCCC2)c1.O=C(OC1CCCC1)[C@H]1CO1.O=C([O-])[C@H]1CO1.[K+]. The molecule has 23 nitrogen and oxygen atoms in total. The Hall–Kier alpha value is -6.01. The van der Waals surface area contributed by atoms with E-state index in [9.17, 15) is 34.2 Å². The van der Waals surface area contributed by atoms with E-state index < -0.39 is 42.3 Å². The van der Waals surface area contributed by atoms with Gasteiger partial charge in [-0.2, -0.15) is 31.1 Å². The van der Waals surface area contributed by atoms with Crippen LogP contribution in [0.15, 0.2) is 43.2 Å². The number of aromatic amines is 1. The summed E-state index contributed by atoms with van der Waals surface area (Å²) < 4.78 is 33.5. The summed E-state index contributed by atoms with van der Waals surface area (Å²) in [7, 11) is 0. The summed E-state index contributed by atoms with van der Waals surface area (Å²) in [5.74, 6) is -2.45. The average Bonchev–Trinajstić information content (AvgIpc) is 4.02. The number of hydrogen-bond acceptors (Lipinski definition) is 19. The number of carboxylic acid groups (broad SMARTS) is 1. The molecular formula is C52H61KN10O13. The topological polar surface area (TPSA) is 338 Å². The van der Waals surface area contributed by atoms with E-state index in [-0.39, 0.29) is 94.9 Å². The van der Waals surface area contributed by atoms with Gasteiger partial charge in [0.2, 0.25) is 6.10 Å². The first-order valence-electron chi connectivity index (χ1n) is 25.5. The molecule has 4 atom stereocenters. The number of esters is 3. The van der Waals surface area contributed by atoms with E-state index in [4.69, 9.17) is 39.5 Å². The van der Waals surface area contributed by atoms with Gasteiger partial charge in [0.25, 0.3) is 0 Å². The van der Waals surface area contributed by atoms with Gasteiger partial charge in [-0.25, -0.2) is 19.2 Å². The number of carbonyl (C=O) groups excluding carboxylic acids is 5. The van der Waals surface area contributed by atoms with Gasteiger partial charge in [0.05, 0.1) is 73.2 Å². The number of aliphatic hydroxyl groups excluding tert-OH is 1. The van der Waals surface area contributed by atoms with Crippen LogP contribution in [-0.2, 0) is 86.4 Å². The van der Waals surface area contributed by atoms with Gasteiger partial charge in [0.1, 0.15) is 42.6 Å². The molecule has 1 aromatic carbocycles. The largest absolute Gasteiger partial charge is 1.00 e. The van der Waals surface area contributed by atoms with Crippen molar-refractivity contribution in [2.75, 3.05) is 18.5 Å². The van der Waals surface area contributed by atoms with Crippen LogP contribution >= 0.6 is 0 Å². The first-order valence-corrected chi connectivity index (χ1v) is 25.5. The van der Waals surface area contributed by atoms with E-state index in [0.717, 1.165) is 108 Å². The van der Waals surface area contributed by atoms with Crippen molar-refractivity contribution >= 4 is 35.7 Å². The third-order valence-electron chi connectivity index (χ3n) is 13.3. The number of H-pyrrole nitrogens is 1. The molecule has 0 spiro atoms. The molecule has 3 saturated carbocycles. The zero-order valence-corrected chi connectivity index (χ0v) is 45.7. The van der Waals surface area contributed by atoms with Crippen LogP contribution in [0, 0.1) is 34.0 Å². The van der Waals surface area contributed by atoms with Crippen molar-refractivity contribution in [2.45, 2.75) is 171 Å². The number of epoxide rings is 2. The standard InChI is InChI=1S/C25H28N4O4.C12H15N3O3.C8H12O3.C4H3N3.C3H4O3.K/c26-12-16-13-27-29(14-16)15-22(24(30)32-19-7-1-2-8-19)33-25(31)28-23-20-9-3-5-17(20)11-18-6-4-10-21(18)23;13-5-9-6-14-15(7-9)8-11(16)12(17)18-10-3-1-2-4-10;9-8(7-5-10-7)11-6-3-1-2-4-6;5-1-4-2-6-7-3-4;4-3(5)2-1-6-2;/h11,13-14,19,22H,1-10,15H2,(H,28,31);6-7,10-11,16H,1-4,8H2;6-7H,1-5H2;2-3H,(H,6,7);2H,1H2,(H,4,5);/q;;;;;+1/p-1/t22-;11-;7-;;2-;/m111.1./s1. The molecule has 4 aromatic rings. The molecule has 5 heterocycles. The molecule has 1 amide bonds. The minimum Gasteiger partial charge on any atom is -0.547 e. The Bertz CT molecular complexity index is 2670. The number of fused-ring (bicyclic) bond motifs is 2. The fraction of sp³-hybridized carbons (Fsp3) is 0.558. The van der Waals surface area contributed by atoms with Gasteiger partial charge in [0, 0.05) is 18.6 Å².